The first-order valence-electron chi connectivity index (χ1n) is 5.32. The molecule has 1 aromatic carbocycles. The van der Waals surface area contributed by atoms with E-state index < -0.39 is 0 Å². The number of anilines is 1. The smallest absolute Gasteiger partial charge is 0.125 e. The first kappa shape index (κ1) is 12.5. The molecule has 0 saturated heterocycles. The van der Waals surface area contributed by atoms with Gasteiger partial charge in [-0.3, -0.25) is 4.68 Å². The van der Waals surface area contributed by atoms with Gasteiger partial charge in [-0.05, 0) is 28.4 Å². The molecule has 5 heteroatoms. The summed E-state index contributed by atoms with van der Waals surface area (Å²) in [4.78, 5) is 0. The molecule has 90 valence electrons. The van der Waals surface area contributed by atoms with Crippen molar-refractivity contribution in [3.05, 3.63) is 33.3 Å². The number of hydrogen-bond donors (Lipinski definition) is 1. The standard InChI is InChI=1S/C12H13BrClN3/c1-3-7-11(16-17(2)12(7)15)8-5-4-6-9(13)10(8)14/h4-6H,3,15H2,1-2H3. The molecule has 0 aliphatic heterocycles. The summed E-state index contributed by atoms with van der Waals surface area (Å²) in [5, 5.41) is 5.11. The molecule has 0 fully saturated rings. The number of halogens is 2. The van der Waals surface area contributed by atoms with Gasteiger partial charge in [0.25, 0.3) is 0 Å². The van der Waals surface area contributed by atoms with E-state index in [9.17, 15) is 0 Å². The molecule has 2 N–H and O–H groups in total. The van der Waals surface area contributed by atoms with Gasteiger partial charge in [0.15, 0.2) is 0 Å². The van der Waals surface area contributed by atoms with Crippen LogP contribution in [0.15, 0.2) is 22.7 Å². The lowest BCUT2D eigenvalue weighted by Crippen LogP contribution is -1.98. The summed E-state index contributed by atoms with van der Waals surface area (Å²) in [6.07, 6.45) is 0.831. The van der Waals surface area contributed by atoms with Crippen LogP contribution in [0.25, 0.3) is 11.3 Å². The molecule has 0 unspecified atom stereocenters. The lowest BCUT2D eigenvalue weighted by atomic mass is 10.1. The van der Waals surface area contributed by atoms with Crippen LogP contribution in [0.2, 0.25) is 5.02 Å². The summed E-state index contributed by atoms with van der Waals surface area (Å²) in [6, 6.07) is 5.80. The number of aryl methyl sites for hydroxylation is 1. The number of hydrogen-bond acceptors (Lipinski definition) is 2. The summed E-state index contributed by atoms with van der Waals surface area (Å²) in [6.45, 7) is 2.06. The van der Waals surface area contributed by atoms with Crippen LogP contribution in [0, 0.1) is 0 Å². The fraction of sp³-hybridized carbons (Fsp3) is 0.250. The molecular weight excluding hydrogens is 302 g/mol. The van der Waals surface area contributed by atoms with Crippen molar-refractivity contribution < 1.29 is 0 Å². The molecular formula is C12H13BrClN3. The molecule has 2 rings (SSSR count). The Bertz CT molecular complexity index is 563. The fourth-order valence-corrected chi connectivity index (χ4v) is 2.41. The Morgan fingerprint density at radius 3 is 2.82 bits per heavy atom. The molecule has 1 aromatic heterocycles. The minimum atomic E-state index is 0.667. The third-order valence-corrected chi connectivity index (χ3v) is 4.05. The SMILES string of the molecule is CCc1c(-c2cccc(Br)c2Cl)nn(C)c1N. The molecule has 0 radical (unpaired) electrons. The molecule has 0 amide bonds. The molecule has 0 bridgehead atoms. The Morgan fingerprint density at radius 2 is 2.18 bits per heavy atom. The number of aromatic nitrogens is 2. The summed E-state index contributed by atoms with van der Waals surface area (Å²) in [7, 11) is 1.84. The average Bonchev–Trinajstić information content (AvgIpc) is 2.59. The van der Waals surface area contributed by atoms with Crippen LogP contribution in [0.1, 0.15) is 12.5 Å². The van der Waals surface area contributed by atoms with E-state index in [0.29, 0.717) is 10.8 Å². The largest absolute Gasteiger partial charge is 0.384 e. The van der Waals surface area contributed by atoms with E-state index >= 15 is 0 Å². The number of nitrogens with two attached hydrogens (primary N) is 1. The Labute approximate surface area is 114 Å². The van der Waals surface area contributed by atoms with Crippen LogP contribution in [0.5, 0.6) is 0 Å². The number of nitrogens with zero attached hydrogens (tertiary/aromatic N) is 2. The zero-order valence-electron chi connectivity index (χ0n) is 9.67. The first-order chi connectivity index (χ1) is 8.06. The zero-order chi connectivity index (χ0) is 12.6. The molecule has 2 aromatic rings. The van der Waals surface area contributed by atoms with Gasteiger partial charge >= 0.3 is 0 Å². The third kappa shape index (κ3) is 2.07. The zero-order valence-corrected chi connectivity index (χ0v) is 12.0. The van der Waals surface area contributed by atoms with E-state index in [-0.39, 0.29) is 0 Å². The first-order valence-corrected chi connectivity index (χ1v) is 6.49. The molecule has 0 atom stereocenters. The Balaban J connectivity index is 2.68. The van der Waals surface area contributed by atoms with Gasteiger partial charge in [-0.2, -0.15) is 5.10 Å². The van der Waals surface area contributed by atoms with Crippen molar-refractivity contribution in [3.63, 3.8) is 0 Å². The maximum atomic E-state index is 6.28. The minimum absolute atomic E-state index is 0.667. The van der Waals surface area contributed by atoms with Gasteiger partial charge in [0.2, 0.25) is 0 Å². The molecule has 17 heavy (non-hydrogen) atoms. The van der Waals surface area contributed by atoms with E-state index in [1.807, 2.05) is 25.2 Å². The van der Waals surface area contributed by atoms with E-state index in [4.69, 9.17) is 17.3 Å². The predicted molar refractivity (Wildman–Crippen MR) is 75.1 cm³/mol. The van der Waals surface area contributed by atoms with Crippen molar-refractivity contribution in [2.24, 2.45) is 7.05 Å². The second-order valence-corrected chi connectivity index (χ2v) is 5.02. The lowest BCUT2D eigenvalue weighted by molar-refractivity contribution is 0.781. The normalized spacial score (nSPS) is 10.8. The van der Waals surface area contributed by atoms with E-state index in [0.717, 1.165) is 27.7 Å². The van der Waals surface area contributed by atoms with Crippen molar-refractivity contribution in [1.29, 1.82) is 0 Å². The molecule has 0 aliphatic rings. The van der Waals surface area contributed by atoms with Gasteiger partial charge in [0.05, 0.1) is 10.7 Å². The number of rotatable bonds is 2. The van der Waals surface area contributed by atoms with E-state index in [2.05, 4.69) is 28.0 Å². The van der Waals surface area contributed by atoms with Crippen molar-refractivity contribution in [2.45, 2.75) is 13.3 Å². The molecule has 1 heterocycles. The van der Waals surface area contributed by atoms with Crippen LogP contribution in [-0.2, 0) is 13.5 Å². The van der Waals surface area contributed by atoms with Crippen LogP contribution < -0.4 is 5.73 Å². The maximum Gasteiger partial charge on any atom is 0.125 e. The van der Waals surface area contributed by atoms with Crippen molar-refractivity contribution in [3.8, 4) is 11.3 Å². The molecule has 0 spiro atoms. The average molecular weight is 315 g/mol. The predicted octanol–water partition coefficient (Wildman–Crippen LogP) is 3.65. The summed E-state index contributed by atoms with van der Waals surface area (Å²) in [5.41, 5.74) is 8.79. The Kier molecular flexibility index (Phi) is 3.45. The maximum absolute atomic E-state index is 6.28. The molecule has 0 aliphatic carbocycles. The second-order valence-electron chi connectivity index (χ2n) is 3.79. The second kappa shape index (κ2) is 4.70. The van der Waals surface area contributed by atoms with Gasteiger partial charge in [0, 0.05) is 22.6 Å². The Hall–Kier alpha value is -1.00. The molecule has 0 saturated carbocycles. The van der Waals surface area contributed by atoms with Gasteiger partial charge < -0.3 is 5.73 Å². The van der Waals surface area contributed by atoms with E-state index in [1.54, 1.807) is 4.68 Å². The van der Waals surface area contributed by atoms with Gasteiger partial charge in [0.1, 0.15) is 5.82 Å². The van der Waals surface area contributed by atoms with Crippen LogP contribution in [0.4, 0.5) is 5.82 Å². The Morgan fingerprint density at radius 1 is 1.47 bits per heavy atom. The monoisotopic (exact) mass is 313 g/mol. The summed E-state index contributed by atoms with van der Waals surface area (Å²) in [5.74, 6) is 0.693. The third-order valence-electron chi connectivity index (χ3n) is 2.75. The van der Waals surface area contributed by atoms with Gasteiger partial charge in [-0.1, -0.05) is 30.7 Å². The van der Waals surface area contributed by atoms with Gasteiger partial charge in [-0.15, -0.1) is 0 Å². The van der Waals surface area contributed by atoms with Crippen LogP contribution in [0.3, 0.4) is 0 Å². The summed E-state index contributed by atoms with van der Waals surface area (Å²) >= 11 is 9.70. The quantitative estimate of drug-likeness (QED) is 0.919. The topological polar surface area (TPSA) is 43.8 Å². The van der Waals surface area contributed by atoms with Crippen molar-refractivity contribution in [1.82, 2.24) is 9.78 Å². The van der Waals surface area contributed by atoms with Crippen LogP contribution >= 0.6 is 27.5 Å². The lowest BCUT2D eigenvalue weighted by Gasteiger charge is -2.05. The summed E-state index contributed by atoms with van der Waals surface area (Å²) < 4.78 is 2.55. The van der Waals surface area contributed by atoms with Crippen LogP contribution in [-0.4, -0.2) is 9.78 Å². The van der Waals surface area contributed by atoms with E-state index in [1.165, 1.54) is 0 Å². The number of nitrogen functional groups attached to an aromatic ring is 1. The van der Waals surface area contributed by atoms with Crippen molar-refractivity contribution >= 4 is 33.3 Å². The highest BCUT2D eigenvalue weighted by Crippen LogP contribution is 2.36. The fourth-order valence-electron chi connectivity index (χ4n) is 1.83. The highest BCUT2D eigenvalue weighted by atomic mass is 79.9. The minimum Gasteiger partial charge on any atom is -0.384 e. The number of benzene rings is 1. The van der Waals surface area contributed by atoms with Crippen molar-refractivity contribution in [2.75, 3.05) is 5.73 Å². The molecule has 3 nitrogen and oxygen atoms in total. The van der Waals surface area contributed by atoms with Gasteiger partial charge in [-0.25, -0.2) is 0 Å². The highest BCUT2D eigenvalue weighted by Gasteiger charge is 2.16. The highest BCUT2D eigenvalue weighted by molar-refractivity contribution is 9.10.